The first-order valence-corrected chi connectivity index (χ1v) is 5.76. The summed E-state index contributed by atoms with van der Waals surface area (Å²) >= 11 is 3.34. The molecule has 0 radical (unpaired) electrons. The average molecular weight is 267 g/mol. The summed E-state index contributed by atoms with van der Waals surface area (Å²) in [6.07, 6.45) is 3.13. The smallest absolute Gasteiger partial charge is 0.127 e. The van der Waals surface area contributed by atoms with Gasteiger partial charge in [0.2, 0.25) is 0 Å². The molecule has 1 N–H and O–H groups in total. The van der Waals surface area contributed by atoms with Crippen LogP contribution in [-0.4, -0.2) is 10.4 Å². The molecule has 0 aliphatic carbocycles. The molecule has 0 spiro atoms. The molecule has 0 aliphatic rings. The zero-order chi connectivity index (χ0) is 10.7. The first-order valence-electron chi connectivity index (χ1n) is 4.64. The zero-order valence-electron chi connectivity index (χ0n) is 8.06. The van der Waals surface area contributed by atoms with Gasteiger partial charge in [0, 0.05) is 10.9 Å². The third kappa shape index (κ3) is 1.85. The Balaban J connectivity index is 2.47. The van der Waals surface area contributed by atoms with Gasteiger partial charge in [-0.25, -0.2) is 0 Å². The van der Waals surface area contributed by atoms with Crippen LogP contribution in [0.3, 0.4) is 0 Å². The normalized spacial score (nSPS) is 14.8. The molecule has 1 aromatic carbocycles. The highest BCUT2D eigenvalue weighted by Gasteiger charge is 2.31. The Hall–Kier alpha value is -1.06. The summed E-state index contributed by atoms with van der Waals surface area (Å²) in [5, 5.41) is 11.0. The number of hydrogen-bond donors (Lipinski definition) is 1. The molecule has 0 aliphatic heterocycles. The van der Waals surface area contributed by atoms with Crippen LogP contribution in [0.15, 0.2) is 53.3 Å². The molecule has 0 saturated carbocycles. The van der Waals surface area contributed by atoms with Crippen LogP contribution in [-0.2, 0) is 5.60 Å². The number of hydrogen-bond acceptors (Lipinski definition) is 2. The predicted octanol–water partition coefficient (Wildman–Crippen LogP) is 2.91. The summed E-state index contributed by atoms with van der Waals surface area (Å²) in [5.74, 6) is 0. The summed E-state index contributed by atoms with van der Waals surface area (Å²) < 4.78 is 5.00. The van der Waals surface area contributed by atoms with E-state index in [9.17, 15) is 5.11 Å². The van der Waals surface area contributed by atoms with Gasteiger partial charge in [-0.3, -0.25) is 0 Å². The third-order valence-corrected chi connectivity index (χ3v) is 3.25. The topological polar surface area (TPSA) is 33.4 Å². The van der Waals surface area contributed by atoms with E-state index in [0.29, 0.717) is 5.33 Å². The maximum Gasteiger partial charge on any atom is 0.127 e. The molecule has 15 heavy (non-hydrogen) atoms. The molecule has 2 aromatic rings. The first-order chi connectivity index (χ1) is 7.27. The van der Waals surface area contributed by atoms with Crippen LogP contribution in [0.2, 0.25) is 0 Å². The number of aliphatic hydroxyl groups is 1. The Bertz CT molecular complexity index is 410. The Morgan fingerprint density at radius 1 is 1.13 bits per heavy atom. The second kappa shape index (κ2) is 4.21. The minimum Gasteiger partial charge on any atom is -0.472 e. The van der Waals surface area contributed by atoms with E-state index < -0.39 is 5.60 Å². The van der Waals surface area contributed by atoms with Crippen molar-refractivity contribution in [3.05, 3.63) is 60.1 Å². The standard InChI is InChI=1S/C12H11BrO2/c13-9-12(14,11-6-7-15-8-11)10-4-2-1-3-5-10/h1-8,14H,9H2/t12-/m1/s1. The Labute approximate surface area is 96.7 Å². The summed E-state index contributed by atoms with van der Waals surface area (Å²) in [7, 11) is 0. The van der Waals surface area contributed by atoms with E-state index in [0.717, 1.165) is 11.1 Å². The van der Waals surface area contributed by atoms with Gasteiger partial charge >= 0.3 is 0 Å². The lowest BCUT2D eigenvalue weighted by atomic mass is 9.90. The zero-order valence-corrected chi connectivity index (χ0v) is 9.65. The van der Waals surface area contributed by atoms with Crippen LogP contribution in [0.5, 0.6) is 0 Å². The Morgan fingerprint density at radius 3 is 2.40 bits per heavy atom. The van der Waals surface area contributed by atoms with E-state index in [-0.39, 0.29) is 0 Å². The van der Waals surface area contributed by atoms with Gasteiger partial charge in [0.05, 0.1) is 12.5 Å². The second-order valence-electron chi connectivity index (χ2n) is 3.37. The lowest BCUT2D eigenvalue weighted by molar-refractivity contribution is 0.108. The molecule has 0 fully saturated rings. The van der Waals surface area contributed by atoms with Crippen LogP contribution >= 0.6 is 15.9 Å². The summed E-state index contributed by atoms with van der Waals surface area (Å²) in [6, 6.07) is 11.3. The quantitative estimate of drug-likeness (QED) is 0.867. The highest BCUT2D eigenvalue weighted by atomic mass is 79.9. The van der Waals surface area contributed by atoms with Gasteiger partial charge in [0.15, 0.2) is 0 Å². The Kier molecular flexibility index (Phi) is 2.93. The Morgan fingerprint density at radius 2 is 1.87 bits per heavy atom. The maximum absolute atomic E-state index is 10.5. The van der Waals surface area contributed by atoms with Crippen LogP contribution in [0.4, 0.5) is 0 Å². The molecule has 0 bridgehead atoms. The van der Waals surface area contributed by atoms with Gasteiger partial charge in [-0.2, -0.15) is 0 Å². The fourth-order valence-corrected chi connectivity index (χ4v) is 2.18. The van der Waals surface area contributed by atoms with Crippen LogP contribution in [0, 0.1) is 0 Å². The molecular formula is C12H11BrO2. The highest BCUT2D eigenvalue weighted by molar-refractivity contribution is 9.09. The fraction of sp³-hybridized carbons (Fsp3) is 0.167. The van der Waals surface area contributed by atoms with Crippen molar-refractivity contribution in [1.82, 2.24) is 0 Å². The maximum atomic E-state index is 10.5. The number of benzene rings is 1. The molecule has 0 unspecified atom stereocenters. The molecule has 1 aromatic heterocycles. The number of furan rings is 1. The lowest BCUT2D eigenvalue weighted by Gasteiger charge is -2.25. The van der Waals surface area contributed by atoms with E-state index in [1.807, 2.05) is 30.3 Å². The molecule has 1 heterocycles. The van der Waals surface area contributed by atoms with Crippen molar-refractivity contribution < 1.29 is 9.52 Å². The minimum atomic E-state index is -1.02. The monoisotopic (exact) mass is 266 g/mol. The molecule has 1 atom stereocenters. The van der Waals surface area contributed by atoms with E-state index in [4.69, 9.17) is 4.42 Å². The van der Waals surface area contributed by atoms with E-state index in [2.05, 4.69) is 15.9 Å². The molecule has 3 heteroatoms. The summed E-state index contributed by atoms with van der Waals surface area (Å²) in [6.45, 7) is 0. The number of rotatable bonds is 3. The predicted molar refractivity (Wildman–Crippen MR) is 61.9 cm³/mol. The van der Waals surface area contributed by atoms with Gasteiger partial charge < -0.3 is 9.52 Å². The van der Waals surface area contributed by atoms with Gasteiger partial charge in [-0.15, -0.1) is 0 Å². The van der Waals surface area contributed by atoms with Crippen molar-refractivity contribution in [3.63, 3.8) is 0 Å². The largest absolute Gasteiger partial charge is 0.472 e. The summed E-state index contributed by atoms with van der Waals surface area (Å²) in [5.41, 5.74) is 0.586. The fourth-order valence-electron chi connectivity index (χ4n) is 1.53. The SMILES string of the molecule is O[C@](CBr)(c1ccccc1)c1ccoc1. The van der Waals surface area contributed by atoms with Crippen molar-refractivity contribution in [3.8, 4) is 0 Å². The van der Waals surface area contributed by atoms with Crippen LogP contribution < -0.4 is 0 Å². The number of alkyl halides is 1. The number of halogens is 1. The van der Waals surface area contributed by atoms with E-state index >= 15 is 0 Å². The molecule has 0 amide bonds. The summed E-state index contributed by atoms with van der Waals surface area (Å²) in [4.78, 5) is 0. The average Bonchev–Trinajstić information content (AvgIpc) is 2.83. The first kappa shape index (κ1) is 10.5. The molecule has 2 rings (SSSR count). The molecule has 2 nitrogen and oxygen atoms in total. The van der Waals surface area contributed by atoms with E-state index in [1.165, 1.54) is 0 Å². The van der Waals surface area contributed by atoms with Crippen molar-refractivity contribution in [2.75, 3.05) is 5.33 Å². The van der Waals surface area contributed by atoms with Gasteiger partial charge in [-0.1, -0.05) is 46.3 Å². The second-order valence-corrected chi connectivity index (χ2v) is 3.93. The molecule has 0 saturated heterocycles. The van der Waals surface area contributed by atoms with Gasteiger partial charge in [0.1, 0.15) is 5.60 Å². The third-order valence-electron chi connectivity index (χ3n) is 2.44. The molecule has 78 valence electrons. The van der Waals surface area contributed by atoms with Crippen molar-refractivity contribution in [2.24, 2.45) is 0 Å². The van der Waals surface area contributed by atoms with Crippen molar-refractivity contribution >= 4 is 15.9 Å². The highest BCUT2D eigenvalue weighted by Crippen LogP contribution is 2.31. The van der Waals surface area contributed by atoms with Crippen molar-refractivity contribution in [2.45, 2.75) is 5.60 Å². The van der Waals surface area contributed by atoms with E-state index in [1.54, 1.807) is 18.6 Å². The van der Waals surface area contributed by atoms with Crippen LogP contribution in [0.25, 0.3) is 0 Å². The minimum absolute atomic E-state index is 0.434. The molecular weight excluding hydrogens is 256 g/mol. The lowest BCUT2D eigenvalue weighted by Crippen LogP contribution is -2.28. The van der Waals surface area contributed by atoms with Gasteiger partial charge in [0.25, 0.3) is 0 Å². The van der Waals surface area contributed by atoms with Gasteiger partial charge in [-0.05, 0) is 11.6 Å². The van der Waals surface area contributed by atoms with Crippen LogP contribution in [0.1, 0.15) is 11.1 Å². The van der Waals surface area contributed by atoms with Crippen molar-refractivity contribution in [1.29, 1.82) is 0 Å².